The van der Waals surface area contributed by atoms with Gasteiger partial charge >= 0.3 is 0 Å². The van der Waals surface area contributed by atoms with Crippen molar-refractivity contribution < 1.29 is 15.1 Å². The van der Waals surface area contributed by atoms with Crippen LogP contribution in [0.25, 0.3) is 0 Å². The van der Waals surface area contributed by atoms with E-state index in [1.54, 1.807) is 7.11 Å². The Kier molecular flexibility index (Phi) is 8.70. The molecule has 0 saturated heterocycles. The second-order valence-corrected chi connectivity index (χ2v) is 5.14. The van der Waals surface area contributed by atoms with Crippen molar-refractivity contribution in [3.63, 3.8) is 0 Å². The molecule has 0 spiro atoms. The number of hydrogen-bond donors (Lipinski definition) is 4. The highest BCUT2D eigenvalue weighted by Crippen LogP contribution is 2.22. The van der Waals surface area contributed by atoms with Crippen molar-refractivity contribution in [1.82, 2.24) is 5.32 Å². The number of nitrogens with zero attached hydrogens (tertiary/aromatic N) is 1. The Labute approximate surface area is 109 Å². The van der Waals surface area contributed by atoms with E-state index in [4.69, 9.17) is 15.7 Å². The highest BCUT2D eigenvalue weighted by Gasteiger charge is 2.22. The molecule has 0 fully saturated rings. The van der Waals surface area contributed by atoms with Gasteiger partial charge in [-0.3, -0.25) is 0 Å². The van der Waals surface area contributed by atoms with Crippen LogP contribution in [0.1, 0.15) is 33.1 Å². The van der Waals surface area contributed by atoms with Crippen LogP contribution in [0, 0.1) is 5.41 Å². The van der Waals surface area contributed by atoms with Crippen LogP contribution in [-0.2, 0) is 4.74 Å². The first-order valence-corrected chi connectivity index (χ1v) is 6.29. The van der Waals surface area contributed by atoms with Crippen LogP contribution in [0.4, 0.5) is 0 Å². The standard InChI is InChI=1S/C12H27N3O3/c1-12(2,11(13)15-17)6-4-5-7-14-8-10(16)9-18-3/h10,14,16-17H,4-9H2,1-3H3,(H2,13,15). The number of rotatable bonds is 10. The SMILES string of the molecule is COCC(O)CNCCCCC(C)(C)C(N)=NO. The summed E-state index contributed by atoms with van der Waals surface area (Å²) in [4.78, 5) is 0. The summed E-state index contributed by atoms with van der Waals surface area (Å²) in [5.74, 6) is 0.269. The van der Waals surface area contributed by atoms with E-state index in [-0.39, 0.29) is 11.3 Å². The second kappa shape index (κ2) is 9.13. The van der Waals surface area contributed by atoms with E-state index in [1.807, 2.05) is 13.8 Å². The van der Waals surface area contributed by atoms with E-state index in [0.29, 0.717) is 13.2 Å². The first kappa shape index (κ1) is 17.2. The number of nitrogens with two attached hydrogens (primary N) is 1. The third-order valence-electron chi connectivity index (χ3n) is 2.95. The van der Waals surface area contributed by atoms with Crippen molar-refractivity contribution in [2.45, 2.75) is 39.2 Å². The van der Waals surface area contributed by atoms with Crippen LogP contribution in [0.15, 0.2) is 5.16 Å². The summed E-state index contributed by atoms with van der Waals surface area (Å²) in [6.07, 6.45) is 2.38. The number of nitrogens with one attached hydrogen (secondary N) is 1. The van der Waals surface area contributed by atoms with Crippen LogP contribution < -0.4 is 11.1 Å². The number of ether oxygens (including phenoxy) is 1. The molecule has 0 heterocycles. The molecule has 0 aromatic rings. The van der Waals surface area contributed by atoms with Gasteiger partial charge in [-0.05, 0) is 19.4 Å². The molecule has 0 bridgehead atoms. The topological polar surface area (TPSA) is 100 Å². The molecule has 0 rings (SSSR count). The van der Waals surface area contributed by atoms with Gasteiger partial charge in [0.25, 0.3) is 0 Å². The Balaban J connectivity index is 3.57. The molecule has 1 unspecified atom stereocenters. The molecule has 0 aliphatic carbocycles. The van der Waals surface area contributed by atoms with Gasteiger partial charge < -0.3 is 26.1 Å². The molecule has 6 nitrogen and oxygen atoms in total. The Morgan fingerprint density at radius 3 is 2.67 bits per heavy atom. The smallest absolute Gasteiger partial charge is 0.144 e. The molecule has 0 aromatic heterocycles. The minimum absolute atomic E-state index is 0.269. The number of oxime groups is 1. The lowest BCUT2D eigenvalue weighted by molar-refractivity contribution is 0.0646. The maximum Gasteiger partial charge on any atom is 0.144 e. The summed E-state index contributed by atoms with van der Waals surface area (Å²) in [5.41, 5.74) is 5.33. The predicted molar refractivity (Wildman–Crippen MR) is 71.8 cm³/mol. The van der Waals surface area contributed by atoms with Crippen LogP contribution in [0.3, 0.4) is 0 Å². The second-order valence-electron chi connectivity index (χ2n) is 5.14. The highest BCUT2D eigenvalue weighted by molar-refractivity contribution is 5.85. The van der Waals surface area contributed by atoms with E-state index in [1.165, 1.54) is 0 Å². The summed E-state index contributed by atoms with van der Waals surface area (Å²) in [7, 11) is 1.57. The summed E-state index contributed by atoms with van der Waals surface area (Å²) in [6.45, 7) is 5.64. The highest BCUT2D eigenvalue weighted by atomic mass is 16.5. The Morgan fingerprint density at radius 2 is 2.11 bits per heavy atom. The Morgan fingerprint density at radius 1 is 1.44 bits per heavy atom. The van der Waals surface area contributed by atoms with Crippen molar-refractivity contribution >= 4 is 5.84 Å². The lowest BCUT2D eigenvalue weighted by Crippen LogP contribution is -2.32. The predicted octanol–water partition coefficient (Wildman–Crippen LogP) is 0.526. The molecule has 108 valence electrons. The van der Waals surface area contributed by atoms with E-state index in [0.717, 1.165) is 25.8 Å². The number of methoxy groups -OCH3 is 1. The maximum atomic E-state index is 9.39. The van der Waals surface area contributed by atoms with E-state index in [2.05, 4.69) is 10.5 Å². The molecule has 18 heavy (non-hydrogen) atoms. The van der Waals surface area contributed by atoms with Gasteiger partial charge in [0.15, 0.2) is 0 Å². The molecule has 0 aromatic carbocycles. The Hall–Kier alpha value is -0.850. The Bertz CT molecular complexity index is 245. The third kappa shape index (κ3) is 7.47. The maximum absolute atomic E-state index is 9.39. The van der Waals surface area contributed by atoms with Crippen LogP contribution in [-0.4, -0.2) is 49.1 Å². The van der Waals surface area contributed by atoms with Gasteiger partial charge in [0.2, 0.25) is 0 Å². The molecule has 0 aliphatic heterocycles. The van der Waals surface area contributed by atoms with Gasteiger partial charge in [-0.1, -0.05) is 25.4 Å². The molecular weight excluding hydrogens is 234 g/mol. The summed E-state index contributed by atoms with van der Waals surface area (Å²) in [5, 5.41) is 24.2. The van der Waals surface area contributed by atoms with Crippen LogP contribution >= 0.6 is 0 Å². The molecule has 5 N–H and O–H groups in total. The zero-order valence-electron chi connectivity index (χ0n) is 11.6. The van der Waals surface area contributed by atoms with Crippen LogP contribution in [0.5, 0.6) is 0 Å². The molecular formula is C12H27N3O3. The number of aliphatic hydroxyl groups is 1. The van der Waals surface area contributed by atoms with Gasteiger partial charge in [0.1, 0.15) is 5.84 Å². The first-order chi connectivity index (χ1) is 8.44. The lowest BCUT2D eigenvalue weighted by atomic mass is 9.86. The fraction of sp³-hybridized carbons (Fsp3) is 0.917. The van der Waals surface area contributed by atoms with Gasteiger partial charge in [-0.2, -0.15) is 0 Å². The van der Waals surface area contributed by atoms with E-state index >= 15 is 0 Å². The number of hydrogen-bond acceptors (Lipinski definition) is 5. The number of amidine groups is 1. The van der Waals surface area contributed by atoms with Crippen LogP contribution in [0.2, 0.25) is 0 Å². The van der Waals surface area contributed by atoms with Gasteiger partial charge in [0, 0.05) is 19.1 Å². The molecule has 6 heteroatoms. The summed E-state index contributed by atoms with van der Waals surface area (Å²) < 4.78 is 4.82. The van der Waals surface area contributed by atoms with Gasteiger partial charge in [0.05, 0.1) is 12.7 Å². The van der Waals surface area contributed by atoms with Crippen molar-refractivity contribution in [2.75, 3.05) is 26.8 Å². The monoisotopic (exact) mass is 261 g/mol. The number of unbranched alkanes of at least 4 members (excludes halogenated alkanes) is 1. The van der Waals surface area contributed by atoms with E-state index < -0.39 is 6.10 Å². The van der Waals surface area contributed by atoms with E-state index in [9.17, 15) is 5.11 Å². The number of aliphatic hydroxyl groups excluding tert-OH is 1. The molecule has 1 atom stereocenters. The average molecular weight is 261 g/mol. The fourth-order valence-corrected chi connectivity index (χ4v) is 1.60. The van der Waals surface area contributed by atoms with Crippen molar-refractivity contribution in [3.05, 3.63) is 0 Å². The molecule has 0 saturated carbocycles. The zero-order valence-corrected chi connectivity index (χ0v) is 11.6. The van der Waals surface area contributed by atoms with Crippen molar-refractivity contribution in [1.29, 1.82) is 0 Å². The van der Waals surface area contributed by atoms with Gasteiger partial charge in [-0.25, -0.2) is 0 Å². The minimum Gasteiger partial charge on any atom is -0.409 e. The normalized spacial score (nSPS) is 14.8. The minimum atomic E-state index is -0.455. The average Bonchev–Trinajstić information content (AvgIpc) is 2.32. The third-order valence-corrected chi connectivity index (χ3v) is 2.95. The zero-order chi connectivity index (χ0) is 14.0. The van der Waals surface area contributed by atoms with Crippen molar-refractivity contribution in [2.24, 2.45) is 16.3 Å². The summed E-state index contributed by atoms with van der Waals surface area (Å²) >= 11 is 0. The van der Waals surface area contributed by atoms with Crippen molar-refractivity contribution in [3.8, 4) is 0 Å². The summed E-state index contributed by atoms with van der Waals surface area (Å²) in [6, 6.07) is 0. The molecule has 0 radical (unpaired) electrons. The molecule has 0 amide bonds. The largest absolute Gasteiger partial charge is 0.409 e. The quantitative estimate of drug-likeness (QED) is 0.151. The fourth-order valence-electron chi connectivity index (χ4n) is 1.60. The first-order valence-electron chi connectivity index (χ1n) is 6.29. The molecule has 0 aliphatic rings. The lowest BCUT2D eigenvalue weighted by Gasteiger charge is -2.22. The van der Waals surface area contributed by atoms with Gasteiger partial charge in [-0.15, -0.1) is 0 Å².